The van der Waals surface area contributed by atoms with Gasteiger partial charge in [-0.1, -0.05) is 0 Å². The molecular weight excluding hydrogens is 136 g/mol. The van der Waals surface area contributed by atoms with E-state index in [-0.39, 0.29) is 27.4 Å². The number of aliphatic carboxylic acids is 1. The van der Waals surface area contributed by atoms with Crippen molar-refractivity contribution in [3.05, 3.63) is 0 Å². The maximum atomic E-state index is 8.89. The Morgan fingerprint density at radius 2 is 1.00 bits per heavy atom. The quantitative estimate of drug-likeness (QED) is 0.331. The summed E-state index contributed by atoms with van der Waals surface area (Å²) >= 11 is 0. The molecule has 0 amide bonds. The second-order valence-corrected chi connectivity index (χ2v) is 0.492. The summed E-state index contributed by atoms with van der Waals surface area (Å²) in [6, 6.07) is 0. The highest BCUT2D eigenvalue weighted by atomic mass is 16.4. The Balaban J connectivity index is -0.00000000450. The van der Waals surface area contributed by atoms with Crippen LogP contribution < -0.4 is 5.11 Å². The minimum absolute atomic E-state index is 0. The maximum absolute atomic E-state index is 8.89. The topological polar surface area (TPSA) is 198 Å². The zero-order chi connectivity index (χ0) is 3.58. The van der Waals surface area contributed by atoms with Gasteiger partial charge in [-0.05, 0) is 6.92 Å². The lowest BCUT2D eigenvalue weighted by atomic mass is 10.9. The normalized spacial score (nSPS) is 2.78. The zero-order valence-electron chi connectivity index (χ0n) is 4.82. The van der Waals surface area contributed by atoms with Gasteiger partial charge in [0.1, 0.15) is 0 Å². The summed E-state index contributed by atoms with van der Waals surface area (Å²) in [5, 5.41) is 8.89. The molecule has 0 atom stereocenters. The first-order valence-electron chi connectivity index (χ1n) is 0.908. The molecule has 0 rings (SSSR count). The Morgan fingerprint density at radius 3 is 1.00 bits per heavy atom. The fourth-order valence-corrected chi connectivity index (χ4v) is 0. The van der Waals surface area contributed by atoms with Crippen LogP contribution in [0.2, 0.25) is 0 Å². The van der Waals surface area contributed by atoms with E-state index < -0.39 is 5.97 Å². The van der Waals surface area contributed by atoms with E-state index >= 15 is 0 Å². The Morgan fingerprint density at radius 1 is 1.00 bits per heavy atom. The van der Waals surface area contributed by atoms with Crippen molar-refractivity contribution in [3.8, 4) is 0 Å². The van der Waals surface area contributed by atoms with Crippen molar-refractivity contribution in [2.75, 3.05) is 0 Å². The van der Waals surface area contributed by atoms with Crippen LogP contribution in [-0.2, 0) is 4.79 Å². The second kappa shape index (κ2) is 55.5. The highest BCUT2D eigenvalue weighted by Crippen LogP contribution is 1.31. The average Bonchev–Trinajstić information content (AvgIpc) is 0.811. The molecule has 0 bridgehead atoms. The predicted octanol–water partition coefficient (Wildman–Crippen LogP) is -5.37. The highest BCUT2D eigenvalue weighted by molar-refractivity contribution is 5.60. The molecule has 0 aromatic heterocycles. The van der Waals surface area contributed by atoms with Gasteiger partial charge in [0.15, 0.2) is 0 Å². The first kappa shape index (κ1) is 84.8. The van der Waals surface area contributed by atoms with Crippen molar-refractivity contribution in [3.63, 3.8) is 0 Å². The van der Waals surface area contributed by atoms with Gasteiger partial charge in [0.2, 0.25) is 0 Å². The standard InChI is InChI=1S/C2H4O2.5H2O/c1-2(3)4;;;;;/h1H3,(H,3,4);5*1H2/p-1. The lowest BCUT2D eigenvalue weighted by molar-refractivity contribution is -0.302. The fraction of sp³-hybridized carbons (Fsp3) is 0.500. The molecule has 0 radical (unpaired) electrons. The van der Waals surface area contributed by atoms with Gasteiger partial charge in [-0.2, -0.15) is 0 Å². The summed E-state index contributed by atoms with van der Waals surface area (Å²) in [6.45, 7) is 0.972. The van der Waals surface area contributed by atoms with E-state index in [0.29, 0.717) is 0 Å². The highest BCUT2D eigenvalue weighted by Gasteiger charge is 1.46. The summed E-state index contributed by atoms with van der Waals surface area (Å²) < 4.78 is 0. The van der Waals surface area contributed by atoms with Crippen molar-refractivity contribution in [1.29, 1.82) is 0 Å². The maximum Gasteiger partial charge on any atom is 0.0383 e. The molecule has 0 spiro atoms. The van der Waals surface area contributed by atoms with Crippen LogP contribution in [0.25, 0.3) is 0 Å². The summed E-state index contributed by atoms with van der Waals surface area (Å²) in [5.41, 5.74) is 0. The fourth-order valence-electron chi connectivity index (χ4n) is 0. The van der Waals surface area contributed by atoms with Crippen LogP contribution in [-0.4, -0.2) is 33.4 Å². The van der Waals surface area contributed by atoms with Crippen LogP contribution in [0.3, 0.4) is 0 Å². The molecule has 7 heteroatoms. The second-order valence-electron chi connectivity index (χ2n) is 0.492. The summed E-state index contributed by atoms with van der Waals surface area (Å²) in [5.74, 6) is -1.08. The summed E-state index contributed by atoms with van der Waals surface area (Å²) in [4.78, 5) is 8.89. The first-order valence-corrected chi connectivity index (χ1v) is 0.908. The molecule has 64 valence electrons. The number of carboxylic acids is 1. The Labute approximate surface area is 51.5 Å². The van der Waals surface area contributed by atoms with Gasteiger partial charge in [0.05, 0.1) is 0 Å². The molecule has 0 aliphatic rings. The molecule has 0 saturated carbocycles. The number of hydrogen-bond acceptors (Lipinski definition) is 2. The number of carbonyl (C=O) groups is 1. The van der Waals surface area contributed by atoms with Gasteiger partial charge in [0.25, 0.3) is 0 Å². The van der Waals surface area contributed by atoms with Crippen LogP contribution in [0.5, 0.6) is 0 Å². The molecule has 0 aromatic rings. The minimum Gasteiger partial charge on any atom is -0.550 e. The molecule has 9 heavy (non-hydrogen) atoms. The largest absolute Gasteiger partial charge is 0.550 e. The summed E-state index contributed by atoms with van der Waals surface area (Å²) in [6.07, 6.45) is 0. The van der Waals surface area contributed by atoms with Crippen molar-refractivity contribution >= 4 is 5.97 Å². The number of rotatable bonds is 0. The number of carbonyl (C=O) groups excluding carboxylic acids is 1. The lowest BCUT2D eigenvalue weighted by Crippen LogP contribution is -2.16. The van der Waals surface area contributed by atoms with Crippen LogP contribution in [0.1, 0.15) is 6.92 Å². The molecule has 7 nitrogen and oxygen atoms in total. The van der Waals surface area contributed by atoms with Crippen LogP contribution >= 0.6 is 0 Å². The van der Waals surface area contributed by atoms with Gasteiger partial charge < -0.3 is 37.3 Å². The van der Waals surface area contributed by atoms with E-state index in [4.69, 9.17) is 9.90 Å². The lowest BCUT2D eigenvalue weighted by Gasteiger charge is -1.77. The predicted molar refractivity (Wildman–Crippen MR) is 28.8 cm³/mol. The molecule has 0 aliphatic carbocycles. The van der Waals surface area contributed by atoms with E-state index in [2.05, 4.69) is 0 Å². The third-order valence-electron chi connectivity index (χ3n) is 0. The van der Waals surface area contributed by atoms with E-state index in [1.54, 1.807) is 0 Å². The molecule has 0 aromatic carbocycles. The molecule has 0 saturated heterocycles. The minimum atomic E-state index is -1.08. The monoisotopic (exact) mass is 149 g/mol. The number of hydrogen-bond donors (Lipinski definition) is 0. The SMILES string of the molecule is CC(=O)[O-].O.O.O.O.O. The van der Waals surface area contributed by atoms with E-state index in [1.807, 2.05) is 0 Å². The molecule has 0 fully saturated rings. The molecule has 0 aliphatic heterocycles. The average molecular weight is 149 g/mol. The third kappa shape index (κ3) is 379. The van der Waals surface area contributed by atoms with Crippen LogP contribution in [0, 0.1) is 0 Å². The first-order chi connectivity index (χ1) is 1.73. The van der Waals surface area contributed by atoms with E-state index in [0.717, 1.165) is 6.92 Å². The smallest absolute Gasteiger partial charge is 0.0383 e. The van der Waals surface area contributed by atoms with Crippen molar-refractivity contribution in [2.45, 2.75) is 6.92 Å². The molecule has 0 unspecified atom stereocenters. The van der Waals surface area contributed by atoms with Gasteiger partial charge in [-0.25, -0.2) is 0 Å². The molecule has 10 N–H and O–H groups in total. The van der Waals surface area contributed by atoms with Gasteiger partial charge in [-0.3, -0.25) is 0 Å². The van der Waals surface area contributed by atoms with Gasteiger partial charge >= 0.3 is 0 Å². The zero-order valence-corrected chi connectivity index (χ0v) is 4.82. The number of carboxylic acid groups (broad SMARTS) is 1. The van der Waals surface area contributed by atoms with E-state index in [9.17, 15) is 0 Å². The van der Waals surface area contributed by atoms with Crippen LogP contribution in [0.4, 0.5) is 0 Å². The third-order valence-corrected chi connectivity index (χ3v) is 0. The Kier molecular flexibility index (Phi) is 523. The van der Waals surface area contributed by atoms with E-state index in [1.165, 1.54) is 0 Å². The molecule has 0 heterocycles. The van der Waals surface area contributed by atoms with Gasteiger partial charge in [-0.15, -0.1) is 0 Å². The van der Waals surface area contributed by atoms with Crippen molar-refractivity contribution < 1.29 is 37.3 Å². The van der Waals surface area contributed by atoms with Gasteiger partial charge in [0, 0.05) is 5.97 Å². The van der Waals surface area contributed by atoms with Crippen LogP contribution in [0.15, 0.2) is 0 Å². The van der Waals surface area contributed by atoms with Crippen molar-refractivity contribution in [1.82, 2.24) is 0 Å². The summed E-state index contributed by atoms with van der Waals surface area (Å²) in [7, 11) is 0. The van der Waals surface area contributed by atoms with Crippen molar-refractivity contribution in [2.24, 2.45) is 0 Å². The molecular formula is C2H13O7-. The Bertz CT molecular complexity index is 29.9. The Hall–Kier alpha value is -0.730.